The van der Waals surface area contributed by atoms with Gasteiger partial charge in [-0.1, -0.05) is 12.8 Å². The molecular formula is C24H40N4O6. The Morgan fingerprint density at radius 3 is 2.53 bits per heavy atom. The van der Waals surface area contributed by atoms with Crippen molar-refractivity contribution in [3.05, 3.63) is 0 Å². The van der Waals surface area contributed by atoms with E-state index in [4.69, 9.17) is 14.6 Å². The van der Waals surface area contributed by atoms with Gasteiger partial charge in [0, 0.05) is 46.4 Å². The molecule has 0 saturated carbocycles. The summed E-state index contributed by atoms with van der Waals surface area (Å²) in [6, 6.07) is -0.732. The molecule has 4 aliphatic rings. The molecule has 4 saturated heterocycles. The quantitative estimate of drug-likeness (QED) is 0.341. The molecule has 2 bridgehead atoms. The van der Waals surface area contributed by atoms with Crippen LogP contribution in [0.15, 0.2) is 0 Å². The molecule has 0 aliphatic carbocycles. The smallest absolute Gasteiger partial charge is 0.245 e. The lowest BCUT2D eigenvalue weighted by Gasteiger charge is -2.34. The second kappa shape index (κ2) is 10.5. The number of nitrogens with zero attached hydrogens (tertiary/aromatic N) is 2. The number of aliphatic hydroxyl groups is 1. The van der Waals surface area contributed by atoms with Gasteiger partial charge in [0.05, 0.1) is 30.7 Å². The number of amides is 3. The summed E-state index contributed by atoms with van der Waals surface area (Å²) in [5.74, 6) is -1.77. The van der Waals surface area contributed by atoms with Crippen molar-refractivity contribution in [2.75, 3.05) is 59.6 Å². The summed E-state index contributed by atoms with van der Waals surface area (Å²) in [5.41, 5.74) is -1.70. The molecule has 0 aromatic carbocycles. The number of carbonyl (C=O) groups is 3. The normalized spacial score (nSPS) is 35.0. The van der Waals surface area contributed by atoms with Crippen LogP contribution < -0.4 is 10.6 Å². The van der Waals surface area contributed by atoms with Crippen molar-refractivity contribution in [1.29, 1.82) is 0 Å². The van der Waals surface area contributed by atoms with Crippen LogP contribution in [-0.2, 0) is 23.9 Å². The summed E-state index contributed by atoms with van der Waals surface area (Å²) in [4.78, 5) is 44.1. The summed E-state index contributed by atoms with van der Waals surface area (Å²) in [7, 11) is 1.58. The Morgan fingerprint density at radius 2 is 1.82 bits per heavy atom. The number of hydrogen-bond donors (Lipinski definition) is 3. The fourth-order valence-corrected chi connectivity index (χ4v) is 6.53. The third-order valence-corrected chi connectivity index (χ3v) is 8.19. The number of hydrogen-bond acceptors (Lipinski definition) is 7. The highest BCUT2D eigenvalue weighted by Gasteiger charge is 2.77. The van der Waals surface area contributed by atoms with Crippen molar-refractivity contribution in [2.24, 2.45) is 11.8 Å². The lowest BCUT2D eigenvalue weighted by molar-refractivity contribution is -0.146. The van der Waals surface area contributed by atoms with E-state index in [2.05, 4.69) is 15.5 Å². The average Bonchev–Trinajstić information content (AvgIpc) is 3.40. The molecule has 4 aliphatic heterocycles. The van der Waals surface area contributed by atoms with E-state index in [1.54, 1.807) is 11.9 Å². The zero-order valence-corrected chi connectivity index (χ0v) is 20.5. The van der Waals surface area contributed by atoms with Gasteiger partial charge in [-0.05, 0) is 32.6 Å². The lowest BCUT2D eigenvalue weighted by atomic mass is 9.66. The Kier molecular flexibility index (Phi) is 7.81. The molecule has 10 heteroatoms. The topological polar surface area (TPSA) is 120 Å². The van der Waals surface area contributed by atoms with E-state index in [0.717, 1.165) is 45.3 Å². The lowest BCUT2D eigenvalue weighted by Crippen LogP contribution is -2.56. The van der Waals surface area contributed by atoms with E-state index in [1.807, 2.05) is 6.92 Å². The highest BCUT2D eigenvalue weighted by Crippen LogP contribution is 2.63. The highest BCUT2D eigenvalue weighted by molar-refractivity contribution is 5.99. The van der Waals surface area contributed by atoms with E-state index in [-0.39, 0.29) is 24.3 Å². The van der Waals surface area contributed by atoms with Crippen LogP contribution in [0.25, 0.3) is 0 Å². The molecular weight excluding hydrogens is 440 g/mol. The summed E-state index contributed by atoms with van der Waals surface area (Å²) in [5, 5.41) is 14.8. The van der Waals surface area contributed by atoms with Gasteiger partial charge in [-0.15, -0.1) is 0 Å². The van der Waals surface area contributed by atoms with Gasteiger partial charge in [-0.25, -0.2) is 0 Å². The van der Waals surface area contributed by atoms with Gasteiger partial charge in [0.15, 0.2) is 0 Å². The molecule has 0 radical (unpaired) electrons. The molecule has 3 N–H and O–H groups in total. The number of unbranched alkanes of at least 4 members (excludes halogenated alkanes) is 3. The van der Waals surface area contributed by atoms with Crippen molar-refractivity contribution >= 4 is 17.7 Å². The first-order chi connectivity index (χ1) is 16.4. The molecule has 0 aromatic rings. The molecule has 4 rings (SSSR count). The second-order valence-corrected chi connectivity index (χ2v) is 10.3. The zero-order valence-electron chi connectivity index (χ0n) is 20.5. The minimum absolute atomic E-state index is 0.146. The van der Waals surface area contributed by atoms with Crippen LogP contribution in [0.5, 0.6) is 0 Å². The number of carbonyl (C=O) groups excluding carboxylic acids is 3. The van der Waals surface area contributed by atoms with Crippen LogP contribution in [0.2, 0.25) is 0 Å². The van der Waals surface area contributed by atoms with E-state index in [1.165, 1.54) is 0 Å². The highest BCUT2D eigenvalue weighted by atomic mass is 16.5. The van der Waals surface area contributed by atoms with Crippen LogP contribution in [0, 0.1) is 11.8 Å². The van der Waals surface area contributed by atoms with Crippen LogP contribution in [-0.4, -0.2) is 109 Å². The number of aliphatic hydroxyl groups excluding tert-OH is 1. The predicted molar refractivity (Wildman–Crippen MR) is 124 cm³/mol. The molecule has 2 unspecified atom stereocenters. The standard InChI is InChI=1S/C24H40N4O6/c1-23-7-8-24(34-23)18(17(23)20(30)25-2)22(32)28(10-5-3-4-6-14-29)19(24)21(31)26-9-11-27-12-15-33-16-13-27/h17-19,29H,3-16H2,1-2H3,(H,25,30)(H,26,31)/t17-,18-,19?,23+,24?/m0/s1. The minimum atomic E-state index is -0.961. The van der Waals surface area contributed by atoms with Gasteiger partial charge in [-0.3, -0.25) is 19.3 Å². The maximum Gasteiger partial charge on any atom is 0.245 e. The number of morpholine rings is 1. The van der Waals surface area contributed by atoms with E-state index in [9.17, 15) is 14.4 Å². The maximum absolute atomic E-state index is 13.7. The van der Waals surface area contributed by atoms with Crippen molar-refractivity contribution in [1.82, 2.24) is 20.4 Å². The largest absolute Gasteiger partial charge is 0.396 e. The fraction of sp³-hybridized carbons (Fsp3) is 0.875. The zero-order chi connectivity index (χ0) is 24.3. The van der Waals surface area contributed by atoms with Crippen molar-refractivity contribution in [3.8, 4) is 0 Å². The van der Waals surface area contributed by atoms with E-state index in [0.29, 0.717) is 39.1 Å². The number of fused-ring (bicyclic) bond motifs is 1. The molecule has 10 nitrogen and oxygen atoms in total. The molecule has 3 amide bonds. The summed E-state index contributed by atoms with van der Waals surface area (Å²) < 4.78 is 11.9. The molecule has 192 valence electrons. The van der Waals surface area contributed by atoms with Gasteiger partial charge >= 0.3 is 0 Å². The Bertz CT molecular complexity index is 775. The first-order valence-electron chi connectivity index (χ1n) is 12.8. The Morgan fingerprint density at radius 1 is 1.09 bits per heavy atom. The molecule has 4 heterocycles. The predicted octanol–water partition coefficient (Wildman–Crippen LogP) is -0.502. The first kappa shape index (κ1) is 25.3. The monoisotopic (exact) mass is 480 g/mol. The second-order valence-electron chi connectivity index (χ2n) is 10.3. The Labute approximate surface area is 201 Å². The SMILES string of the molecule is CNC(=O)[C@@H]1[C@H]2C(=O)N(CCCCCCO)C(C(=O)NCCN3CCOCC3)C23CC[C@@]1(C)O3. The Hall–Kier alpha value is -1.75. The first-order valence-corrected chi connectivity index (χ1v) is 12.8. The van der Waals surface area contributed by atoms with Crippen LogP contribution >= 0.6 is 0 Å². The average molecular weight is 481 g/mol. The molecule has 5 atom stereocenters. The molecule has 1 spiro atoms. The van der Waals surface area contributed by atoms with Gasteiger partial charge in [0.1, 0.15) is 11.6 Å². The van der Waals surface area contributed by atoms with Crippen LogP contribution in [0.3, 0.4) is 0 Å². The minimum Gasteiger partial charge on any atom is -0.396 e. The van der Waals surface area contributed by atoms with Crippen LogP contribution in [0.4, 0.5) is 0 Å². The van der Waals surface area contributed by atoms with Gasteiger partial charge in [0.2, 0.25) is 17.7 Å². The molecule has 4 fully saturated rings. The van der Waals surface area contributed by atoms with Crippen molar-refractivity contribution < 1.29 is 29.0 Å². The van der Waals surface area contributed by atoms with Crippen molar-refractivity contribution in [3.63, 3.8) is 0 Å². The third-order valence-electron chi connectivity index (χ3n) is 8.19. The van der Waals surface area contributed by atoms with Gasteiger partial charge < -0.3 is 30.1 Å². The molecule has 34 heavy (non-hydrogen) atoms. The summed E-state index contributed by atoms with van der Waals surface area (Å²) in [6.45, 7) is 6.82. The van der Waals surface area contributed by atoms with Crippen LogP contribution in [0.1, 0.15) is 45.4 Å². The third kappa shape index (κ3) is 4.45. The fourth-order valence-electron chi connectivity index (χ4n) is 6.53. The van der Waals surface area contributed by atoms with Gasteiger partial charge in [0.25, 0.3) is 0 Å². The van der Waals surface area contributed by atoms with E-state index < -0.39 is 29.1 Å². The summed E-state index contributed by atoms with van der Waals surface area (Å²) in [6.07, 6.45) is 4.46. The van der Waals surface area contributed by atoms with Gasteiger partial charge in [-0.2, -0.15) is 0 Å². The maximum atomic E-state index is 13.7. The molecule has 0 aromatic heterocycles. The number of likely N-dealkylation sites (tertiary alicyclic amines) is 1. The van der Waals surface area contributed by atoms with Crippen molar-refractivity contribution in [2.45, 2.75) is 62.7 Å². The Balaban J connectivity index is 1.51. The number of rotatable bonds is 11. The summed E-state index contributed by atoms with van der Waals surface area (Å²) >= 11 is 0. The van der Waals surface area contributed by atoms with E-state index >= 15 is 0 Å². The number of nitrogens with one attached hydrogen (secondary N) is 2. The number of ether oxygens (including phenoxy) is 2.